The summed E-state index contributed by atoms with van der Waals surface area (Å²) in [5.74, 6) is 0.954. The van der Waals surface area contributed by atoms with Gasteiger partial charge in [-0.15, -0.1) is 0 Å². The van der Waals surface area contributed by atoms with Crippen molar-refractivity contribution in [2.45, 2.75) is 27.3 Å². The van der Waals surface area contributed by atoms with Crippen molar-refractivity contribution in [3.63, 3.8) is 0 Å². The summed E-state index contributed by atoms with van der Waals surface area (Å²) >= 11 is 6.27. The van der Waals surface area contributed by atoms with Crippen molar-refractivity contribution in [2.24, 2.45) is 0 Å². The Labute approximate surface area is 178 Å². The lowest BCUT2D eigenvalue weighted by atomic mass is 10.1. The Morgan fingerprint density at radius 3 is 2.70 bits per heavy atom. The number of hydrogen-bond donors (Lipinski definition) is 1. The van der Waals surface area contributed by atoms with Crippen LogP contribution >= 0.6 is 11.6 Å². The number of aryl methyl sites for hydroxylation is 2. The number of benzene rings is 1. The predicted molar refractivity (Wildman–Crippen MR) is 113 cm³/mol. The van der Waals surface area contributed by atoms with E-state index in [1.807, 2.05) is 48.9 Å². The number of nitrogens with zero attached hydrogens (tertiary/aromatic N) is 3. The number of aromatic nitrogens is 3. The Morgan fingerprint density at radius 1 is 1.17 bits per heavy atom. The zero-order valence-electron chi connectivity index (χ0n) is 16.9. The number of nitrogens with one attached hydrogen (secondary N) is 1. The van der Waals surface area contributed by atoms with Crippen LogP contribution in [0.15, 0.2) is 51.6 Å². The molecule has 0 saturated carbocycles. The Hall–Kier alpha value is -3.32. The summed E-state index contributed by atoms with van der Waals surface area (Å²) in [5.41, 5.74) is 4.30. The van der Waals surface area contributed by atoms with Crippen molar-refractivity contribution < 1.29 is 13.7 Å². The number of amides is 1. The van der Waals surface area contributed by atoms with Gasteiger partial charge in [0.1, 0.15) is 22.8 Å². The van der Waals surface area contributed by atoms with E-state index in [4.69, 9.17) is 20.5 Å². The maximum Gasteiger partial charge on any atom is 0.257 e. The maximum absolute atomic E-state index is 12.9. The van der Waals surface area contributed by atoms with Crippen molar-refractivity contribution in [1.82, 2.24) is 20.3 Å². The molecule has 0 fully saturated rings. The van der Waals surface area contributed by atoms with Crippen LogP contribution in [0.5, 0.6) is 0 Å². The van der Waals surface area contributed by atoms with E-state index in [2.05, 4.69) is 15.6 Å². The lowest BCUT2D eigenvalue weighted by molar-refractivity contribution is 0.0951. The Bertz CT molecular complexity index is 1190. The van der Waals surface area contributed by atoms with E-state index in [9.17, 15) is 4.79 Å². The molecule has 0 bridgehead atoms. The number of rotatable bonds is 6. The van der Waals surface area contributed by atoms with Crippen LogP contribution in [0.4, 0.5) is 0 Å². The normalized spacial score (nSPS) is 11.1. The molecule has 7 nitrogen and oxygen atoms in total. The molecule has 1 amide bonds. The van der Waals surface area contributed by atoms with E-state index < -0.39 is 0 Å². The highest BCUT2D eigenvalue weighted by Crippen LogP contribution is 2.31. The molecule has 4 rings (SSSR count). The van der Waals surface area contributed by atoms with Crippen LogP contribution in [0.2, 0.25) is 5.02 Å². The molecule has 0 radical (unpaired) electrons. The molecular weight excluding hydrogens is 404 g/mol. The van der Waals surface area contributed by atoms with Crippen molar-refractivity contribution >= 4 is 17.5 Å². The van der Waals surface area contributed by atoms with Gasteiger partial charge in [-0.05, 0) is 39.0 Å². The van der Waals surface area contributed by atoms with Gasteiger partial charge < -0.3 is 14.3 Å². The fraction of sp³-hybridized carbons (Fsp3) is 0.227. The van der Waals surface area contributed by atoms with Crippen molar-refractivity contribution in [1.29, 1.82) is 0 Å². The van der Waals surface area contributed by atoms with Gasteiger partial charge in [0.05, 0.1) is 29.1 Å². The van der Waals surface area contributed by atoms with Crippen LogP contribution < -0.4 is 5.32 Å². The maximum atomic E-state index is 12.9. The van der Waals surface area contributed by atoms with Gasteiger partial charge in [0.15, 0.2) is 0 Å². The molecule has 1 aromatic carbocycles. The lowest BCUT2D eigenvalue weighted by Crippen LogP contribution is -2.28. The van der Waals surface area contributed by atoms with Crippen LogP contribution in [0.3, 0.4) is 0 Å². The zero-order chi connectivity index (χ0) is 21.3. The summed E-state index contributed by atoms with van der Waals surface area (Å²) in [6.45, 7) is 6.55. The SMILES string of the molecule is Cc1nn(CCNC(=O)c2c(-c3ccccc3Cl)noc2C)c(C)c1-c1ccco1. The van der Waals surface area contributed by atoms with E-state index >= 15 is 0 Å². The molecule has 0 atom stereocenters. The van der Waals surface area contributed by atoms with Gasteiger partial charge in [-0.2, -0.15) is 5.10 Å². The highest BCUT2D eigenvalue weighted by molar-refractivity contribution is 6.33. The summed E-state index contributed by atoms with van der Waals surface area (Å²) in [7, 11) is 0. The first kappa shape index (κ1) is 20.0. The molecule has 0 aliphatic heterocycles. The first-order valence-electron chi connectivity index (χ1n) is 9.54. The second kappa shape index (κ2) is 8.20. The van der Waals surface area contributed by atoms with Crippen LogP contribution in [-0.4, -0.2) is 27.4 Å². The Kier molecular flexibility index (Phi) is 5.46. The van der Waals surface area contributed by atoms with Crippen molar-refractivity contribution in [3.05, 3.63) is 70.4 Å². The Balaban J connectivity index is 1.49. The molecule has 154 valence electrons. The molecular formula is C22H21ClN4O3. The Morgan fingerprint density at radius 2 is 1.97 bits per heavy atom. The molecule has 30 heavy (non-hydrogen) atoms. The van der Waals surface area contributed by atoms with Gasteiger partial charge in [-0.25, -0.2) is 0 Å². The molecule has 0 spiro atoms. The monoisotopic (exact) mass is 424 g/mol. The van der Waals surface area contributed by atoms with Gasteiger partial charge in [0, 0.05) is 17.8 Å². The minimum atomic E-state index is -0.267. The average Bonchev–Trinajstić information content (AvgIpc) is 3.43. The third-order valence-corrected chi connectivity index (χ3v) is 5.31. The van der Waals surface area contributed by atoms with E-state index in [1.165, 1.54) is 0 Å². The first-order valence-corrected chi connectivity index (χ1v) is 9.92. The minimum absolute atomic E-state index is 0.267. The van der Waals surface area contributed by atoms with Crippen LogP contribution in [0, 0.1) is 20.8 Å². The molecule has 0 unspecified atom stereocenters. The van der Waals surface area contributed by atoms with Gasteiger partial charge in [-0.1, -0.05) is 35.0 Å². The van der Waals surface area contributed by atoms with Crippen LogP contribution in [0.1, 0.15) is 27.5 Å². The number of carbonyl (C=O) groups excluding carboxylic acids is 1. The number of hydrogen-bond acceptors (Lipinski definition) is 5. The molecule has 1 N–H and O–H groups in total. The number of carbonyl (C=O) groups is 1. The zero-order valence-corrected chi connectivity index (χ0v) is 17.7. The van der Waals surface area contributed by atoms with Crippen molar-refractivity contribution in [2.75, 3.05) is 6.54 Å². The molecule has 3 heterocycles. The molecule has 0 aliphatic rings. The topological polar surface area (TPSA) is 86.1 Å². The second-order valence-corrected chi connectivity index (χ2v) is 7.35. The molecule has 3 aromatic heterocycles. The number of furan rings is 1. The second-order valence-electron chi connectivity index (χ2n) is 6.94. The third kappa shape index (κ3) is 3.64. The highest BCUT2D eigenvalue weighted by Gasteiger charge is 2.23. The van der Waals surface area contributed by atoms with E-state index in [0.29, 0.717) is 40.7 Å². The predicted octanol–water partition coefficient (Wildman–Crippen LogP) is 4.81. The minimum Gasteiger partial charge on any atom is -0.464 e. The smallest absolute Gasteiger partial charge is 0.257 e. The average molecular weight is 425 g/mol. The van der Waals surface area contributed by atoms with Crippen molar-refractivity contribution in [3.8, 4) is 22.6 Å². The fourth-order valence-electron chi connectivity index (χ4n) is 3.53. The van der Waals surface area contributed by atoms with Gasteiger partial charge in [0.2, 0.25) is 0 Å². The summed E-state index contributed by atoms with van der Waals surface area (Å²) in [5, 5.41) is 12.1. The van der Waals surface area contributed by atoms with Gasteiger partial charge in [0.25, 0.3) is 5.91 Å². The summed E-state index contributed by atoms with van der Waals surface area (Å²) in [4.78, 5) is 12.9. The summed E-state index contributed by atoms with van der Waals surface area (Å²) in [6.07, 6.45) is 1.64. The molecule has 4 aromatic rings. The van der Waals surface area contributed by atoms with E-state index in [0.717, 1.165) is 22.7 Å². The molecule has 0 saturated heterocycles. The quantitative estimate of drug-likeness (QED) is 0.480. The molecule has 0 aliphatic carbocycles. The van der Waals surface area contributed by atoms with Crippen LogP contribution in [-0.2, 0) is 6.54 Å². The fourth-order valence-corrected chi connectivity index (χ4v) is 3.76. The summed E-state index contributed by atoms with van der Waals surface area (Å²) in [6, 6.07) is 11.0. The highest BCUT2D eigenvalue weighted by atomic mass is 35.5. The van der Waals surface area contributed by atoms with E-state index in [-0.39, 0.29) is 5.91 Å². The first-order chi connectivity index (χ1) is 14.5. The van der Waals surface area contributed by atoms with Crippen LogP contribution in [0.25, 0.3) is 22.6 Å². The summed E-state index contributed by atoms with van der Waals surface area (Å²) < 4.78 is 12.6. The largest absolute Gasteiger partial charge is 0.464 e. The number of halogens is 1. The molecule has 8 heteroatoms. The third-order valence-electron chi connectivity index (χ3n) is 4.98. The van der Waals surface area contributed by atoms with E-state index in [1.54, 1.807) is 19.3 Å². The van der Waals surface area contributed by atoms with Gasteiger partial charge >= 0.3 is 0 Å². The van der Waals surface area contributed by atoms with Gasteiger partial charge in [-0.3, -0.25) is 9.48 Å². The standard InChI is InChI=1S/C22H21ClN4O3/c1-13-19(18-9-6-12-29-18)14(2)27(25-13)11-10-24-22(28)20-15(3)30-26-21(20)16-7-4-5-8-17(16)23/h4-9,12H,10-11H2,1-3H3,(H,24,28). The lowest BCUT2D eigenvalue weighted by Gasteiger charge is -2.08.